The van der Waals surface area contributed by atoms with Crippen molar-refractivity contribution in [1.82, 2.24) is 4.98 Å². The summed E-state index contributed by atoms with van der Waals surface area (Å²) in [6.45, 7) is 8.12. The van der Waals surface area contributed by atoms with E-state index in [4.69, 9.17) is 14.2 Å². The molecule has 2 saturated heterocycles. The van der Waals surface area contributed by atoms with E-state index in [-0.39, 0.29) is 19.4 Å². The number of aryl methyl sites for hydroxylation is 1. The van der Waals surface area contributed by atoms with Crippen LogP contribution in [0.1, 0.15) is 63.6 Å². The molecule has 1 aromatic heterocycles. The summed E-state index contributed by atoms with van der Waals surface area (Å²) in [7, 11) is 0. The normalized spacial score (nSPS) is 36.3. The number of hydrogen-bond donors (Lipinski definition) is 2. The predicted molar refractivity (Wildman–Crippen MR) is 131 cm³/mol. The molecule has 2 aromatic rings. The molecule has 3 heterocycles. The Morgan fingerprint density at radius 3 is 2.64 bits per heavy atom. The topological polar surface area (TPSA) is 118 Å². The van der Waals surface area contributed by atoms with Crippen molar-refractivity contribution in [3.8, 4) is 0 Å². The van der Waals surface area contributed by atoms with Crippen LogP contribution in [-0.2, 0) is 23.8 Å². The Morgan fingerprint density at radius 2 is 1.92 bits per heavy atom. The van der Waals surface area contributed by atoms with E-state index in [2.05, 4.69) is 4.98 Å². The molecule has 10 heteroatoms. The number of aliphatic hydroxyl groups is 2. The van der Waals surface area contributed by atoms with Crippen molar-refractivity contribution >= 4 is 33.3 Å². The van der Waals surface area contributed by atoms with Crippen molar-refractivity contribution < 1.29 is 38.4 Å². The van der Waals surface area contributed by atoms with Crippen molar-refractivity contribution in [2.45, 2.75) is 90.3 Å². The Morgan fingerprint density at radius 1 is 1.19 bits per heavy atom. The number of alkyl halides is 1. The molecule has 2 aliphatic heterocycles. The maximum atomic E-state index is 15.2. The lowest BCUT2D eigenvalue weighted by Gasteiger charge is -2.34. The number of carbonyl (C=O) groups is 2. The molecule has 0 radical (unpaired) electrons. The number of nitrogens with zero attached hydrogens (tertiary/aromatic N) is 1. The van der Waals surface area contributed by atoms with Crippen molar-refractivity contribution in [1.29, 1.82) is 0 Å². The van der Waals surface area contributed by atoms with Crippen LogP contribution in [0.3, 0.4) is 0 Å². The van der Waals surface area contributed by atoms with E-state index in [1.165, 1.54) is 13.8 Å². The van der Waals surface area contributed by atoms with Crippen LogP contribution in [-0.4, -0.2) is 63.8 Å². The molecule has 0 saturated carbocycles. The number of carbonyl (C=O) groups excluding carboxylic acids is 2. The number of cyclic esters (lactones) is 1. The molecular weight excluding hydrogens is 489 g/mol. The first kappa shape index (κ1) is 27.1. The van der Waals surface area contributed by atoms with Gasteiger partial charge in [0, 0.05) is 18.8 Å². The average molecular weight is 524 g/mol. The monoisotopic (exact) mass is 523 g/mol. The lowest BCUT2D eigenvalue weighted by molar-refractivity contribution is -0.157. The number of ether oxygens (including phenoxy) is 3. The van der Waals surface area contributed by atoms with Crippen LogP contribution in [0, 0.1) is 18.3 Å². The summed E-state index contributed by atoms with van der Waals surface area (Å²) in [5.74, 6) is -3.94. The van der Waals surface area contributed by atoms with Crippen molar-refractivity contribution in [2.24, 2.45) is 11.3 Å². The molecule has 0 amide bonds. The van der Waals surface area contributed by atoms with E-state index in [0.29, 0.717) is 5.56 Å². The van der Waals surface area contributed by atoms with Crippen LogP contribution < -0.4 is 0 Å². The fraction of sp³-hybridized carbons (Fsp3) is 0.654. The van der Waals surface area contributed by atoms with Crippen molar-refractivity contribution in [2.75, 3.05) is 6.61 Å². The minimum absolute atomic E-state index is 0.0212. The highest BCUT2D eigenvalue weighted by atomic mass is 32.1. The zero-order chi connectivity index (χ0) is 26.4. The molecule has 0 aliphatic carbocycles. The van der Waals surface area contributed by atoms with E-state index < -0.39 is 65.9 Å². The molecule has 0 spiro atoms. The van der Waals surface area contributed by atoms with Crippen molar-refractivity contribution in [3.63, 3.8) is 0 Å². The number of Topliss-reactive ketones (excluding diaryl/α,β-unsaturated/α-hetero) is 1. The van der Waals surface area contributed by atoms with Gasteiger partial charge in [0.15, 0.2) is 0 Å². The molecule has 1 aromatic carbocycles. The molecular formula is C26H34FNO7S. The largest absolute Gasteiger partial charge is 0.457 e. The fourth-order valence-corrected chi connectivity index (χ4v) is 5.58. The van der Waals surface area contributed by atoms with Crippen molar-refractivity contribution in [3.05, 3.63) is 28.8 Å². The van der Waals surface area contributed by atoms with E-state index in [1.54, 1.807) is 25.2 Å². The molecule has 198 valence electrons. The van der Waals surface area contributed by atoms with Gasteiger partial charge in [-0.1, -0.05) is 26.8 Å². The zero-order valence-corrected chi connectivity index (χ0v) is 22.0. The number of rotatable bonds is 1. The van der Waals surface area contributed by atoms with Gasteiger partial charge in [0.2, 0.25) is 5.85 Å². The Bertz CT molecular complexity index is 1140. The van der Waals surface area contributed by atoms with Gasteiger partial charge >= 0.3 is 5.97 Å². The Kier molecular flexibility index (Phi) is 7.56. The first-order valence-corrected chi connectivity index (χ1v) is 13.1. The number of benzene rings is 1. The van der Waals surface area contributed by atoms with Gasteiger partial charge in [-0.05, 0) is 31.5 Å². The smallest absolute Gasteiger partial charge is 0.309 e. The molecule has 8 nitrogen and oxygen atoms in total. The van der Waals surface area contributed by atoms with E-state index in [0.717, 1.165) is 15.2 Å². The van der Waals surface area contributed by atoms with Crippen LogP contribution in [0.4, 0.5) is 4.39 Å². The Labute approximate surface area is 213 Å². The standard InChI is InChI=1S/C26H34FNO7S/c1-13-23(31)14(2)33-9-8-26(27)21(35-26)11-18(16-6-7-19-17(10-16)28-15(3)36-19)34-22(30)12-20(29)25(4,5)24(13)32/h6-7,10,13-14,18,20-21,23,29,31H,8-9,11-12H2,1-5H3/t13-,14+,18+,20+,21+,23+,26-/m1/s1. The number of ketones is 1. The summed E-state index contributed by atoms with van der Waals surface area (Å²) < 4.78 is 32.9. The highest BCUT2D eigenvalue weighted by Crippen LogP contribution is 2.47. The number of halogens is 1. The third kappa shape index (κ3) is 5.47. The quantitative estimate of drug-likeness (QED) is 0.428. The zero-order valence-electron chi connectivity index (χ0n) is 21.2. The summed E-state index contributed by atoms with van der Waals surface area (Å²) in [4.78, 5) is 30.6. The summed E-state index contributed by atoms with van der Waals surface area (Å²) in [6.07, 6.45) is -5.31. The van der Waals surface area contributed by atoms with Gasteiger partial charge in [0.1, 0.15) is 18.0 Å². The van der Waals surface area contributed by atoms with Gasteiger partial charge in [-0.3, -0.25) is 9.59 Å². The van der Waals surface area contributed by atoms with Crippen LogP contribution in [0.25, 0.3) is 10.2 Å². The lowest BCUT2D eigenvalue weighted by atomic mass is 9.74. The second-order valence-electron chi connectivity index (χ2n) is 10.5. The van der Waals surface area contributed by atoms with Gasteiger partial charge in [-0.25, -0.2) is 9.37 Å². The van der Waals surface area contributed by atoms with Gasteiger partial charge in [0.25, 0.3) is 0 Å². The summed E-state index contributed by atoms with van der Waals surface area (Å²) >= 11 is 1.54. The highest BCUT2D eigenvalue weighted by Gasteiger charge is 2.58. The second-order valence-corrected chi connectivity index (χ2v) is 11.7. The Hall–Kier alpha value is -1.98. The molecule has 0 unspecified atom stereocenters. The van der Waals surface area contributed by atoms with E-state index in [9.17, 15) is 19.8 Å². The molecule has 0 bridgehead atoms. The minimum atomic E-state index is -1.93. The number of aromatic nitrogens is 1. The maximum Gasteiger partial charge on any atom is 0.309 e. The third-order valence-electron chi connectivity index (χ3n) is 7.41. The summed E-state index contributed by atoms with van der Waals surface area (Å²) in [5, 5.41) is 22.4. The average Bonchev–Trinajstić information content (AvgIpc) is 3.28. The maximum absolute atomic E-state index is 15.2. The molecule has 2 fully saturated rings. The van der Waals surface area contributed by atoms with Crippen LogP contribution in [0.15, 0.2) is 18.2 Å². The van der Waals surface area contributed by atoms with Crippen LogP contribution in [0.5, 0.6) is 0 Å². The van der Waals surface area contributed by atoms with Crippen LogP contribution in [0.2, 0.25) is 0 Å². The third-order valence-corrected chi connectivity index (χ3v) is 8.36. The number of fused-ring (bicyclic) bond motifs is 2. The van der Waals surface area contributed by atoms with Gasteiger partial charge in [-0.15, -0.1) is 11.3 Å². The number of thiazole rings is 1. The van der Waals surface area contributed by atoms with E-state index in [1.807, 2.05) is 25.1 Å². The summed E-state index contributed by atoms with van der Waals surface area (Å²) in [6, 6.07) is 5.52. The second kappa shape index (κ2) is 10.1. The molecule has 7 atom stereocenters. The number of epoxide rings is 1. The molecule has 36 heavy (non-hydrogen) atoms. The van der Waals surface area contributed by atoms with Gasteiger partial charge in [0.05, 0.1) is 52.0 Å². The summed E-state index contributed by atoms with van der Waals surface area (Å²) in [5.41, 5.74) is 0.0749. The van der Waals surface area contributed by atoms with E-state index >= 15 is 4.39 Å². The first-order chi connectivity index (χ1) is 16.8. The van der Waals surface area contributed by atoms with Gasteiger partial charge in [-0.2, -0.15) is 0 Å². The number of esters is 1. The number of hydrogen-bond acceptors (Lipinski definition) is 9. The first-order valence-electron chi connectivity index (χ1n) is 12.3. The predicted octanol–water partition coefficient (Wildman–Crippen LogP) is 3.80. The SMILES string of the molecule is Cc1nc2cc([C@@H]3C[C@@H]4O[C@]4(F)CCO[C@@H](C)[C@@H](O)[C@@H](C)C(=O)C(C)(C)[C@@H](O)CC(=O)O3)ccc2s1. The number of aliphatic hydroxyl groups excluding tert-OH is 2. The molecule has 2 aliphatic rings. The molecule has 4 rings (SSSR count). The minimum Gasteiger partial charge on any atom is -0.457 e. The highest BCUT2D eigenvalue weighted by molar-refractivity contribution is 7.18. The van der Waals surface area contributed by atoms with Gasteiger partial charge < -0.3 is 24.4 Å². The Balaban J connectivity index is 1.61. The lowest BCUT2D eigenvalue weighted by Crippen LogP contribution is -2.47. The van der Waals surface area contributed by atoms with Crippen LogP contribution >= 0.6 is 11.3 Å². The fourth-order valence-electron chi connectivity index (χ4n) is 4.77. The molecule has 2 N–H and O–H groups in total.